The number of hydrogen-bond donors (Lipinski definition) is 1. The fraction of sp³-hybridized carbons (Fsp3) is 0.600. The third-order valence-corrected chi connectivity index (χ3v) is 3.18. The van der Waals surface area contributed by atoms with E-state index in [2.05, 4.69) is 43.1 Å². The van der Waals surface area contributed by atoms with Gasteiger partial charge in [0.15, 0.2) is 0 Å². The lowest BCUT2D eigenvalue weighted by molar-refractivity contribution is 0.316. The van der Waals surface area contributed by atoms with Crippen molar-refractivity contribution < 1.29 is 0 Å². The standard InChI is InChI=1S/C15H26N2/c1-3-4-12-17(2)13-8-11-15(16)14-9-6-5-7-10-14/h5-7,9-10,15H,3-4,8,11-13,16H2,1-2H3. The van der Waals surface area contributed by atoms with E-state index in [-0.39, 0.29) is 6.04 Å². The van der Waals surface area contributed by atoms with Crippen molar-refractivity contribution >= 4 is 0 Å². The van der Waals surface area contributed by atoms with Gasteiger partial charge in [-0.25, -0.2) is 0 Å². The van der Waals surface area contributed by atoms with Crippen molar-refractivity contribution in [2.75, 3.05) is 20.1 Å². The summed E-state index contributed by atoms with van der Waals surface area (Å²) in [6.07, 6.45) is 4.81. The van der Waals surface area contributed by atoms with Crippen LogP contribution in [-0.4, -0.2) is 25.0 Å². The summed E-state index contributed by atoms with van der Waals surface area (Å²) in [5.41, 5.74) is 7.42. The molecular weight excluding hydrogens is 208 g/mol. The Morgan fingerprint density at radius 3 is 2.41 bits per heavy atom. The zero-order chi connectivity index (χ0) is 12.5. The molecule has 0 aliphatic carbocycles. The van der Waals surface area contributed by atoms with Gasteiger partial charge in [-0.05, 0) is 45.0 Å². The van der Waals surface area contributed by atoms with Crippen molar-refractivity contribution in [3.05, 3.63) is 35.9 Å². The van der Waals surface area contributed by atoms with E-state index in [0.717, 1.165) is 13.0 Å². The number of rotatable bonds is 8. The monoisotopic (exact) mass is 234 g/mol. The van der Waals surface area contributed by atoms with Crippen LogP contribution in [0.15, 0.2) is 30.3 Å². The second-order valence-electron chi connectivity index (χ2n) is 4.82. The summed E-state index contributed by atoms with van der Waals surface area (Å²) in [5.74, 6) is 0. The molecule has 0 radical (unpaired) electrons. The molecule has 0 aliphatic rings. The molecule has 2 nitrogen and oxygen atoms in total. The van der Waals surface area contributed by atoms with Gasteiger partial charge < -0.3 is 10.6 Å². The van der Waals surface area contributed by atoms with Crippen molar-refractivity contribution in [1.29, 1.82) is 0 Å². The number of benzene rings is 1. The average Bonchev–Trinajstić information content (AvgIpc) is 2.37. The van der Waals surface area contributed by atoms with E-state index >= 15 is 0 Å². The number of nitrogens with two attached hydrogens (primary N) is 1. The third-order valence-electron chi connectivity index (χ3n) is 3.18. The molecule has 0 aliphatic heterocycles. The molecule has 1 unspecified atom stereocenters. The Kier molecular flexibility index (Phi) is 6.90. The molecule has 0 fully saturated rings. The van der Waals surface area contributed by atoms with E-state index in [9.17, 15) is 0 Å². The molecule has 2 heteroatoms. The summed E-state index contributed by atoms with van der Waals surface area (Å²) in [5, 5.41) is 0. The Hall–Kier alpha value is -0.860. The Morgan fingerprint density at radius 1 is 1.12 bits per heavy atom. The van der Waals surface area contributed by atoms with Gasteiger partial charge in [-0.3, -0.25) is 0 Å². The van der Waals surface area contributed by atoms with Gasteiger partial charge in [-0.1, -0.05) is 43.7 Å². The molecule has 17 heavy (non-hydrogen) atoms. The van der Waals surface area contributed by atoms with Gasteiger partial charge in [0.25, 0.3) is 0 Å². The second kappa shape index (κ2) is 8.26. The smallest absolute Gasteiger partial charge is 0.0295 e. The molecule has 0 bridgehead atoms. The van der Waals surface area contributed by atoms with Gasteiger partial charge in [0.2, 0.25) is 0 Å². The van der Waals surface area contributed by atoms with E-state index in [1.54, 1.807) is 0 Å². The van der Waals surface area contributed by atoms with Crippen LogP contribution in [0, 0.1) is 0 Å². The first-order chi connectivity index (χ1) is 8.24. The van der Waals surface area contributed by atoms with Crippen molar-refractivity contribution in [3.8, 4) is 0 Å². The lowest BCUT2D eigenvalue weighted by Gasteiger charge is -2.17. The highest BCUT2D eigenvalue weighted by atomic mass is 15.1. The highest BCUT2D eigenvalue weighted by molar-refractivity contribution is 5.18. The van der Waals surface area contributed by atoms with Crippen LogP contribution >= 0.6 is 0 Å². The Balaban J connectivity index is 2.18. The van der Waals surface area contributed by atoms with E-state index in [4.69, 9.17) is 5.73 Å². The summed E-state index contributed by atoms with van der Waals surface area (Å²) in [6, 6.07) is 10.6. The van der Waals surface area contributed by atoms with Crippen LogP contribution in [0.1, 0.15) is 44.2 Å². The van der Waals surface area contributed by atoms with Gasteiger partial charge in [0.05, 0.1) is 0 Å². The first kappa shape index (κ1) is 14.2. The normalized spacial score (nSPS) is 12.9. The maximum Gasteiger partial charge on any atom is 0.0295 e. The topological polar surface area (TPSA) is 29.3 Å². The lowest BCUT2D eigenvalue weighted by atomic mass is 10.0. The highest BCUT2D eigenvalue weighted by Crippen LogP contribution is 2.15. The Labute approximate surface area is 106 Å². The highest BCUT2D eigenvalue weighted by Gasteiger charge is 2.05. The summed E-state index contributed by atoms with van der Waals surface area (Å²) in [6.45, 7) is 4.59. The molecule has 1 aromatic rings. The summed E-state index contributed by atoms with van der Waals surface area (Å²) in [7, 11) is 2.20. The van der Waals surface area contributed by atoms with Crippen LogP contribution in [0.3, 0.4) is 0 Å². The molecule has 1 atom stereocenters. The van der Waals surface area contributed by atoms with Gasteiger partial charge in [0.1, 0.15) is 0 Å². The predicted molar refractivity (Wildman–Crippen MR) is 75.0 cm³/mol. The minimum absolute atomic E-state index is 0.191. The third kappa shape index (κ3) is 5.85. The molecule has 0 aromatic heterocycles. The van der Waals surface area contributed by atoms with E-state index in [1.165, 1.54) is 31.4 Å². The van der Waals surface area contributed by atoms with Crippen LogP contribution < -0.4 is 5.73 Å². The maximum atomic E-state index is 6.16. The molecule has 0 saturated heterocycles. The number of hydrogen-bond acceptors (Lipinski definition) is 2. The predicted octanol–water partition coefficient (Wildman–Crippen LogP) is 3.20. The van der Waals surface area contributed by atoms with Gasteiger partial charge in [-0.15, -0.1) is 0 Å². The first-order valence-corrected chi connectivity index (χ1v) is 6.73. The molecule has 1 rings (SSSR count). The van der Waals surface area contributed by atoms with E-state index < -0.39 is 0 Å². The van der Waals surface area contributed by atoms with Crippen LogP contribution in [-0.2, 0) is 0 Å². The summed E-state index contributed by atoms with van der Waals surface area (Å²) < 4.78 is 0. The molecule has 0 spiro atoms. The Bertz CT molecular complexity index is 284. The number of unbranched alkanes of at least 4 members (excludes halogenated alkanes) is 1. The van der Waals surface area contributed by atoms with Crippen molar-refractivity contribution in [2.45, 2.75) is 38.6 Å². The van der Waals surface area contributed by atoms with Crippen molar-refractivity contribution in [1.82, 2.24) is 4.90 Å². The summed E-state index contributed by atoms with van der Waals surface area (Å²) in [4.78, 5) is 2.40. The van der Waals surface area contributed by atoms with Gasteiger partial charge >= 0.3 is 0 Å². The van der Waals surface area contributed by atoms with Crippen LogP contribution in [0.25, 0.3) is 0 Å². The van der Waals surface area contributed by atoms with Crippen LogP contribution in [0.2, 0.25) is 0 Å². The number of nitrogens with zero attached hydrogens (tertiary/aromatic N) is 1. The zero-order valence-electron chi connectivity index (χ0n) is 11.2. The molecule has 0 amide bonds. The molecule has 2 N–H and O–H groups in total. The first-order valence-electron chi connectivity index (χ1n) is 6.73. The minimum Gasteiger partial charge on any atom is -0.324 e. The van der Waals surface area contributed by atoms with Crippen molar-refractivity contribution in [3.63, 3.8) is 0 Å². The minimum atomic E-state index is 0.191. The molecule has 0 saturated carbocycles. The van der Waals surface area contributed by atoms with Gasteiger partial charge in [-0.2, -0.15) is 0 Å². The van der Waals surface area contributed by atoms with E-state index in [1.807, 2.05) is 6.07 Å². The van der Waals surface area contributed by atoms with Gasteiger partial charge in [0, 0.05) is 6.04 Å². The maximum absolute atomic E-state index is 6.16. The van der Waals surface area contributed by atoms with E-state index in [0.29, 0.717) is 0 Å². The SMILES string of the molecule is CCCCN(C)CCCC(N)c1ccccc1. The van der Waals surface area contributed by atoms with Crippen LogP contribution in [0.5, 0.6) is 0 Å². The average molecular weight is 234 g/mol. The van der Waals surface area contributed by atoms with Crippen LogP contribution in [0.4, 0.5) is 0 Å². The molecule has 0 heterocycles. The second-order valence-corrected chi connectivity index (χ2v) is 4.82. The fourth-order valence-electron chi connectivity index (χ4n) is 1.99. The fourth-order valence-corrected chi connectivity index (χ4v) is 1.99. The molecule has 1 aromatic carbocycles. The molecule has 96 valence electrons. The summed E-state index contributed by atoms with van der Waals surface area (Å²) >= 11 is 0. The zero-order valence-corrected chi connectivity index (χ0v) is 11.2. The van der Waals surface area contributed by atoms with Crippen molar-refractivity contribution in [2.24, 2.45) is 5.73 Å². The molecular formula is C15H26N2. The largest absolute Gasteiger partial charge is 0.324 e. The lowest BCUT2D eigenvalue weighted by Crippen LogP contribution is -2.22. The quantitative estimate of drug-likeness (QED) is 0.748. The Morgan fingerprint density at radius 2 is 1.76 bits per heavy atom.